The number of amides is 1. The summed E-state index contributed by atoms with van der Waals surface area (Å²) in [7, 11) is -4.19. The lowest BCUT2D eigenvalue weighted by Crippen LogP contribution is -2.34. The van der Waals surface area contributed by atoms with Gasteiger partial charge in [0.2, 0.25) is 0 Å². The van der Waals surface area contributed by atoms with E-state index < -0.39 is 32.7 Å². The Morgan fingerprint density at radius 1 is 1.12 bits per heavy atom. The van der Waals surface area contributed by atoms with Gasteiger partial charge >= 0.3 is 0 Å². The van der Waals surface area contributed by atoms with Crippen molar-refractivity contribution in [3.63, 3.8) is 0 Å². The quantitative estimate of drug-likeness (QED) is 0.887. The highest BCUT2D eigenvalue weighted by atomic mass is 32.2. The van der Waals surface area contributed by atoms with Crippen LogP contribution in [0.2, 0.25) is 0 Å². The van der Waals surface area contributed by atoms with Crippen LogP contribution in [-0.4, -0.2) is 20.4 Å². The van der Waals surface area contributed by atoms with Crippen LogP contribution in [0.15, 0.2) is 41.3 Å². The molecule has 24 heavy (non-hydrogen) atoms. The molecule has 0 radical (unpaired) electrons. The van der Waals surface area contributed by atoms with Crippen LogP contribution in [0.1, 0.15) is 6.92 Å². The number of halogens is 2. The van der Waals surface area contributed by atoms with Gasteiger partial charge in [-0.15, -0.1) is 0 Å². The number of nitrogens with one attached hydrogen (secondary N) is 2. The molecule has 0 spiro atoms. The molecule has 1 heterocycles. The predicted molar refractivity (Wildman–Crippen MR) is 82.3 cm³/mol. The summed E-state index contributed by atoms with van der Waals surface area (Å²) in [5.41, 5.74) is 0.403. The molecule has 0 bridgehead atoms. The fourth-order valence-electron chi connectivity index (χ4n) is 2.17. The molecule has 1 aliphatic heterocycles. The van der Waals surface area contributed by atoms with Gasteiger partial charge in [-0.1, -0.05) is 0 Å². The summed E-state index contributed by atoms with van der Waals surface area (Å²) >= 11 is 0. The number of carbonyl (C=O) groups is 1. The molecule has 1 aliphatic rings. The van der Waals surface area contributed by atoms with Crippen LogP contribution in [0.5, 0.6) is 5.75 Å². The number of sulfonamides is 1. The molecule has 6 nitrogen and oxygen atoms in total. The molecule has 126 valence electrons. The SMILES string of the molecule is CC1Oc2ccc(NS(=O)(=O)c3cc(F)cc(F)c3)cc2NC1=O. The Hall–Kier alpha value is -2.68. The topological polar surface area (TPSA) is 84.5 Å². The van der Waals surface area contributed by atoms with Crippen LogP contribution >= 0.6 is 0 Å². The number of ether oxygens (including phenoxy) is 1. The van der Waals surface area contributed by atoms with Gasteiger partial charge in [-0.3, -0.25) is 9.52 Å². The first-order valence-electron chi connectivity index (χ1n) is 6.85. The number of hydrogen-bond acceptors (Lipinski definition) is 4. The molecular weight excluding hydrogens is 342 g/mol. The van der Waals surface area contributed by atoms with E-state index in [9.17, 15) is 22.0 Å². The molecule has 0 saturated heterocycles. The van der Waals surface area contributed by atoms with E-state index in [1.165, 1.54) is 18.2 Å². The highest BCUT2D eigenvalue weighted by Crippen LogP contribution is 2.32. The summed E-state index contributed by atoms with van der Waals surface area (Å²) in [6, 6.07) is 6.23. The first-order valence-corrected chi connectivity index (χ1v) is 8.33. The lowest BCUT2D eigenvalue weighted by atomic mass is 10.2. The van der Waals surface area contributed by atoms with Gasteiger partial charge < -0.3 is 10.1 Å². The molecule has 2 aromatic carbocycles. The third kappa shape index (κ3) is 3.16. The molecule has 1 atom stereocenters. The maximum atomic E-state index is 13.2. The second kappa shape index (κ2) is 5.75. The molecule has 9 heteroatoms. The van der Waals surface area contributed by atoms with E-state index in [0.717, 1.165) is 0 Å². The van der Waals surface area contributed by atoms with Crippen LogP contribution in [-0.2, 0) is 14.8 Å². The lowest BCUT2D eigenvalue weighted by Gasteiger charge is -2.23. The molecule has 0 aromatic heterocycles. The second-order valence-corrected chi connectivity index (χ2v) is 6.85. The van der Waals surface area contributed by atoms with E-state index in [4.69, 9.17) is 4.74 Å². The Kier molecular flexibility index (Phi) is 3.88. The number of fused-ring (bicyclic) bond motifs is 1. The van der Waals surface area contributed by atoms with Crippen molar-refractivity contribution in [2.75, 3.05) is 10.0 Å². The van der Waals surface area contributed by atoms with Gasteiger partial charge in [0.1, 0.15) is 17.4 Å². The van der Waals surface area contributed by atoms with Gasteiger partial charge in [-0.25, -0.2) is 17.2 Å². The number of anilines is 2. The summed E-state index contributed by atoms with van der Waals surface area (Å²) in [6.07, 6.45) is -0.657. The Balaban J connectivity index is 1.91. The highest BCUT2D eigenvalue weighted by Gasteiger charge is 2.24. The molecule has 1 unspecified atom stereocenters. The van der Waals surface area contributed by atoms with Gasteiger partial charge in [0.05, 0.1) is 16.3 Å². The first kappa shape index (κ1) is 16.2. The molecule has 2 N–H and O–H groups in total. The van der Waals surface area contributed by atoms with Crippen molar-refractivity contribution in [2.24, 2.45) is 0 Å². The van der Waals surface area contributed by atoms with Crippen LogP contribution in [0.3, 0.4) is 0 Å². The minimum Gasteiger partial charge on any atom is -0.479 e. The minimum absolute atomic E-state index is 0.108. The summed E-state index contributed by atoms with van der Waals surface area (Å²) in [5.74, 6) is -1.98. The Labute approximate surface area is 136 Å². The van der Waals surface area contributed by atoms with Crippen LogP contribution in [0.4, 0.5) is 20.2 Å². The largest absolute Gasteiger partial charge is 0.479 e. The molecule has 0 aliphatic carbocycles. The number of rotatable bonds is 3. The Morgan fingerprint density at radius 2 is 1.79 bits per heavy atom. The zero-order valence-corrected chi connectivity index (χ0v) is 13.2. The minimum atomic E-state index is -4.19. The first-order chi connectivity index (χ1) is 11.2. The van der Waals surface area contributed by atoms with E-state index in [-0.39, 0.29) is 11.6 Å². The maximum absolute atomic E-state index is 13.2. The zero-order chi connectivity index (χ0) is 17.5. The zero-order valence-electron chi connectivity index (χ0n) is 12.3. The molecule has 0 saturated carbocycles. The molecule has 1 amide bonds. The van der Waals surface area contributed by atoms with Gasteiger partial charge in [0, 0.05) is 6.07 Å². The number of hydrogen-bond donors (Lipinski definition) is 2. The van der Waals surface area contributed by atoms with Gasteiger partial charge in [0.25, 0.3) is 15.9 Å². The van der Waals surface area contributed by atoms with Crippen molar-refractivity contribution in [2.45, 2.75) is 17.9 Å². The molecule has 2 aromatic rings. The fourth-order valence-corrected chi connectivity index (χ4v) is 3.26. The predicted octanol–water partition coefficient (Wildman–Crippen LogP) is 2.49. The smallest absolute Gasteiger partial charge is 0.265 e. The van der Waals surface area contributed by atoms with Gasteiger partial charge in [0.15, 0.2) is 6.10 Å². The molecule has 0 fully saturated rings. The third-order valence-corrected chi connectivity index (χ3v) is 4.67. The van der Waals surface area contributed by atoms with Gasteiger partial charge in [-0.2, -0.15) is 0 Å². The average molecular weight is 354 g/mol. The second-order valence-electron chi connectivity index (χ2n) is 5.17. The highest BCUT2D eigenvalue weighted by molar-refractivity contribution is 7.92. The molecular formula is C15H12F2N2O4S. The van der Waals surface area contributed by atoms with E-state index in [1.54, 1.807) is 6.92 Å². The van der Waals surface area contributed by atoms with Crippen molar-refractivity contribution in [3.05, 3.63) is 48.0 Å². The van der Waals surface area contributed by atoms with E-state index >= 15 is 0 Å². The number of benzene rings is 2. The maximum Gasteiger partial charge on any atom is 0.265 e. The van der Waals surface area contributed by atoms with E-state index in [1.807, 2.05) is 0 Å². The van der Waals surface area contributed by atoms with Crippen molar-refractivity contribution in [1.29, 1.82) is 0 Å². The summed E-state index contributed by atoms with van der Waals surface area (Å²) in [4.78, 5) is 11.0. The number of carbonyl (C=O) groups excluding carboxylic acids is 1. The van der Waals surface area contributed by atoms with Crippen LogP contribution in [0.25, 0.3) is 0 Å². The van der Waals surface area contributed by atoms with E-state index in [0.29, 0.717) is 29.6 Å². The standard InChI is InChI=1S/C15H12F2N2O4S/c1-8-15(20)18-13-7-11(2-3-14(13)23-8)19-24(21,22)12-5-9(16)4-10(17)6-12/h2-8,19H,1H3,(H,18,20). The van der Waals surface area contributed by atoms with Crippen LogP contribution < -0.4 is 14.8 Å². The summed E-state index contributed by atoms with van der Waals surface area (Å²) < 4.78 is 58.4. The average Bonchev–Trinajstić information content (AvgIpc) is 2.47. The third-order valence-electron chi connectivity index (χ3n) is 3.31. The summed E-state index contributed by atoms with van der Waals surface area (Å²) in [5, 5.41) is 2.58. The molecule has 3 rings (SSSR count). The lowest BCUT2D eigenvalue weighted by molar-refractivity contribution is -0.122. The van der Waals surface area contributed by atoms with Crippen molar-refractivity contribution in [3.8, 4) is 5.75 Å². The van der Waals surface area contributed by atoms with Gasteiger partial charge in [-0.05, 0) is 37.3 Å². The Morgan fingerprint density at radius 3 is 2.46 bits per heavy atom. The monoisotopic (exact) mass is 354 g/mol. The normalized spacial score (nSPS) is 16.8. The fraction of sp³-hybridized carbons (Fsp3) is 0.133. The van der Waals surface area contributed by atoms with Crippen LogP contribution in [0, 0.1) is 11.6 Å². The Bertz CT molecular complexity index is 911. The van der Waals surface area contributed by atoms with Crippen molar-refractivity contribution >= 4 is 27.3 Å². The summed E-state index contributed by atoms with van der Waals surface area (Å²) in [6.45, 7) is 1.58. The van der Waals surface area contributed by atoms with Crippen molar-refractivity contribution < 1.29 is 26.7 Å². The van der Waals surface area contributed by atoms with Crippen molar-refractivity contribution in [1.82, 2.24) is 0 Å². The van der Waals surface area contributed by atoms with E-state index in [2.05, 4.69) is 10.0 Å².